The van der Waals surface area contributed by atoms with Crippen molar-refractivity contribution in [2.45, 2.75) is 13.0 Å². The summed E-state index contributed by atoms with van der Waals surface area (Å²) in [5.74, 6) is 3.42. The third kappa shape index (κ3) is 2.92. The van der Waals surface area contributed by atoms with Crippen LogP contribution in [0.15, 0.2) is 36.4 Å². The van der Waals surface area contributed by atoms with Gasteiger partial charge >= 0.3 is 0 Å². The lowest BCUT2D eigenvalue weighted by atomic mass is 10.1. The molecule has 23 heavy (non-hydrogen) atoms. The summed E-state index contributed by atoms with van der Waals surface area (Å²) in [4.78, 5) is 1.41. The van der Waals surface area contributed by atoms with Gasteiger partial charge in [0, 0.05) is 12.5 Å². The highest BCUT2D eigenvalue weighted by molar-refractivity contribution is 5.51. The van der Waals surface area contributed by atoms with Crippen LogP contribution in [-0.4, -0.2) is 27.2 Å². The van der Waals surface area contributed by atoms with E-state index < -0.39 is 0 Å². The zero-order valence-corrected chi connectivity index (χ0v) is 13.1. The smallest absolute Gasteiger partial charge is 0.231 e. The van der Waals surface area contributed by atoms with E-state index in [4.69, 9.17) is 18.9 Å². The first-order chi connectivity index (χ1) is 11.3. The van der Waals surface area contributed by atoms with Crippen molar-refractivity contribution in [3.8, 4) is 23.0 Å². The molecular weight excluding hydrogens is 294 g/mol. The molecule has 120 valence electrons. The fourth-order valence-electron chi connectivity index (χ4n) is 3.01. The summed E-state index contributed by atoms with van der Waals surface area (Å²) in [7, 11) is 1.69. The van der Waals surface area contributed by atoms with Crippen LogP contribution in [0.4, 0.5) is 0 Å². The van der Waals surface area contributed by atoms with E-state index in [0.29, 0.717) is 13.5 Å². The number of rotatable bonds is 4. The first-order valence-electron chi connectivity index (χ1n) is 7.83. The number of fused-ring (bicyclic) bond motifs is 2. The Balaban J connectivity index is 1.40. The second-order valence-electron chi connectivity index (χ2n) is 5.88. The fraction of sp³-hybridized carbons (Fsp3) is 0.333. The summed E-state index contributed by atoms with van der Waals surface area (Å²) in [6.45, 7) is 2.96. The molecular formula is C18H20NO4+. The van der Waals surface area contributed by atoms with Gasteiger partial charge in [-0.3, -0.25) is 4.90 Å². The molecule has 0 spiro atoms. The Labute approximate surface area is 135 Å². The zero-order chi connectivity index (χ0) is 15.6. The summed E-state index contributed by atoms with van der Waals surface area (Å²) in [6.07, 6.45) is 1.02. The molecule has 2 aromatic carbocycles. The first kappa shape index (κ1) is 14.2. The number of benzene rings is 2. The maximum absolute atomic E-state index is 5.89. The molecule has 0 aliphatic carbocycles. The molecule has 0 fully saturated rings. The van der Waals surface area contributed by atoms with Crippen LogP contribution in [-0.2, 0) is 13.0 Å². The maximum Gasteiger partial charge on any atom is 0.231 e. The molecule has 0 aromatic heterocycles. The highest BCUT2D eigenvalue weighted by Gasteiger charge is 2.25. The molecule has 5 heteroatoms. The Bertz CT molecular complexity index is 699. The SMILES string of the molecule is COc1ccc(CC[NH+]2COc3cc4c(cc3C2)OCO4)cc1. The van der Waals surface area contributed by atoms with Crippen LogP contribution in [0.1, 0.15) is 11.1 Å². The van der Waals surface area contributed by atoms with Crippen molar-refractivity contribution in [1.29, 1.82) is 0 Å². The highest BCUT2D eigenvalue weighted by atomic mass is 16.7. The first-order valence-corrected chi connectivity index (χ1v) is 7.83. The second kappa shape index (κ2) is 6.01. The third-order valence-corrected chi connectivity index (χ3v) is 4.35. The van der Waals surface area contributed by atoms with Gasteiger partial charge in [0.15, 0.2) is 11.5 Å². The molecule has 0 saturated carbocycles. The van der Waals surface area contributed by atoms with E-state index in [1.54, 1.807) is 7.11 Å². The van der Waals surface area contributed by atoms with Crippen LogP contribution in [0, 0.1) is 0 Å². The lowest BCUT2D eigenvalue weighted by molar-refractivity contribution is -0.932. The number of nitrogens with one attached hydrogen (secondary N) is 1. The monoisotopic (exact) mass is 314 g/mol. The van der Waals surface area contributed by atoms with Crippen LogP contribution in [0.5, 0.6) is 23.0 Å². The zero-order valence-electron chi connectivity index (χ0n) is 13.1. The van der Waals surface area contributed by atoms with E-state index in [9.17, 15) is 0 Å². The van der Waals surface area contributed by atoms with Gasteiger partial charge in [-0.15, -0.1) is 0 Å². The number of quaternary nitrogens is 1. The number of ether oxygens (including phenoxy) is 4. The Morgan fingerprint density at radius 2 is 1.78 bits per heavy atom. The molecule has 0 bridgehead atoms. The van der Waals surface area contributed by atoms with Gasteiger partial charge in [0.25, 0.3) is 0 Å². The van der Waals surface area contributed by atoms with E-state index in [1.165, 1.54) is 16.0 Å². The lowest BCUT2D eigenvalue weighted by Gasteiger charge is -2.26. The molecule has 2 aliphatic rings. The number of hydrogen-bond acceptors (Lipinski definition) is 4. The second-order valence-corrected chi connectivity index (χ2v) is 5.88. The van der Waals surface area contributed by atoms with Crippen molar-refractivity contribution in [2.24, 2.45) is 0 Å². The molecule has 2 aromatic rings. The van der Waals surface area contributed by atoms with E-state index in [0.717, 1.165) is 42.5 Å². The molecule has 2 heterocycles. The van der Waals surface area contributed by atoms with Gasteiger partial charge in [-0.05, 0) is 23.8 Å². The quantitative estimate of drug-likeness (QED) is 0.926. The Hall–Kier alpha value is -2.40. The average Bonchev–Trinajstić information content (AvgIpc) is 3.05. The van der Waals surface area contributed by atoms with Crippen LogP contribution in [0.25, 0.3) is 0 Å². The number of methoxy groups -OCH3 is 1. The van der Waals surface area contributed by atoms with Gasteiger partial charge in [-0.25, -0.2) is 0 Å². The summed E-state index contributed by atoms with van der Waals surface area (Å²) >= 11 is 0. The van der Waals surface area contributed by atoms with Gasteiger partial charge in [0.2, 0.25) is 13.5 Å². The van der Waals surface area contributed by atoms with E-state index in [2.05, 4.69) is 12.1 Å². The molecule has 0 radical (unpaired) electrons. The molecule has 0 saturated heterocycles. The van der Waals surface area contributed by atoms with Gasteiger partial charge in [-0.2, -0.15) is 0 Å². The van der Waals surface area contributed by atoms with E-state index in [-0.39, 0.29) is 0 Å². The Kier molecular flexibility index (Phi) is 3.71. The van der Waals surface area contributed by atoms with Crippen molar-refractivity contribution in [3.63, 3.8) is 0 Å². The summed E-state index contributed by atoms with van der Waals surface area (Å²) in [5, 5.41) is 0. The van der Waals surface area contributed by atoms with Crippen LogP contribution in [0.2, 0.25) is 0 Å². The molecule has 2 aliphatic heterocycles. The predicted molar refractivity (Wildman–Crippen MR) is 84.3 cm³/mol. The van der Waals surface area contributed by atoms with Crippen molar-refractivity contribution >= 4 is 0 Å². The normalized spacial score (nSPS) is 18.2. The topological polar surface area (TPSA) is 41.4 Å². The predicted octanol–water partition coefficient (Wildman–Crippen LogP) is 1.40. The van der Waals surface area contributed by atoms with Gasteiger partial charge < -0.3 is 18.9 Å². The highest BCUT2D eigenvalue weighted by Crippen LogP contribution is 2.38. The molecule has 1 atom stereocenters. The standard InChI is InChI=1S/C18H19NO4/c1-20-15-4-2-13(3-5-15)6-7-19-10-14-8-17-18(23-12-22-17)9-16(14)21-11-19/h2-5,8-9H,6-7,10-12H2,1H3/p+1. The average molecular weight is 314 g/mol. The maximum atomic E-state index is 5.89. The van der Waals surface area contributed by atoms with Crippen molar-refractivity contribution < 1.29 is 23.8 Å². The minimum absolute atomic E-state index is 0.298. The molecule has 1 N–H and O–H groups in total. The summed E-state index contributed by atoms with van der Waals surface area (Å²) in [5.41, 5.74) is 2.50. The van der Waals surface area contributed by atoms with Gasteiger partial charge in [0.05, 0.1) is 19.2 Å². The van der Waals surface area contributed by atoms with E-state index in [1.807, 2.05) is 24.3 Å². The fourth-order valence-corrected chi connectivity index (χ4v) is 3.01. The summed E-state index contributed by atoms with van der Waals surface area (Å²) in [6, 6.07) is 12.2. The van der Waals surface area contributed by atoms with Crippen molar-refractivity contribution in [1.82, 2.24) is 0 Å². The van der Waals surface area contributed by atoms with Gasteiger partial charge in [-0.1, -0.05) is 12.1 Å². The Morgan fingerprint density at radius 3 is 2.57 bits per heavy atom. The van der Waals surface area contributed by atoms with Crippen LogP contribution < -0.4 is 23.8 Å². The van der Waals surface area contributed by atoms with Crippen molar-refractivity contribution in [2.75, 3.05) is 27.2 Å². The Morgan fingerprint density at radius 1 is 1.00 bits per heavy atom. The summed E-state index contributed by atoms with van der Waals surface area (Å²) < 4.78 is 21.9. The van der Waals surface area contributed by atoms with E-state index >= 15 is 0 Å². The molecule has 5 nitrogen and oxygen atoms in total. The van der Waals surface area contributed by atoms with Crippen LogP contribution in [0.3, 0.4) is 0 Å². The minimum atomic E-state index is 0.298. The molecule has 1 unspecified atom stereocenters. The largest absolute Gasteiger partial charge is 0.497 e. The minimum Gasteiger partial charge on any atom is -0.497 e. The molecule has 4 rings (SSSR count). The number of hydrogen-bond donors (Lipinski definition) is 1. The molecule has 0 amide bonds. The van der Waals surface area contributed by atoms with Crippen molar-refractivity contribution in [3.05, 3.63) is 47.5 Å². The third-order valence-electron chi connectivity index (χ3n) is 4.35. The lowest BCUT2D eigenvalue weighted by Crippen LogP contribution is -3.12. The van der Waals surface area contributed by atoms with Crippen LogP contribution >= 0.6 is 0 Å². The van der Waals surface area contributed by atoms with Gasteiger partial charge in [0.1, 0.15) is 18.0 Å².